The van der Waals surface area contributed by atoms with Crippen molar-refractivity contribution in [2.45, 2.75) is 26.4 Å². The van der Waals surface area contributed by atoms with E-state index in [0.717, 1.165) is 16.6 Å². The highest BCUT2D eigenvalue weighted by atomic mass is 79.9. The third kappa shape index (κ3) is 4.05. The van der Waals surface area contributed by atoms with E-state index in [0.29, 0.717) is 11.8 Å². The Kier molecular flexibility index (Phi) is 5.15. The van der Waals surface area contributed by atoms with Crippen LogP contribution in [0.3, 0.4) is 0 Å². The first kappa shape index (κ1) is 15.0. The molecule has 0 fully saturated rings. The first-order valence-electron chi connectivity index (χ1n) is 6.50. The van der Waals surface area contributed by atoms with Crippen molar-refractivity contribution in [1.82, 2.24) is 5.32 Å². The van der Waals surface area contributed by atoms with Crippen LogP contribution in [-0.2, 0) is 6.54 Å². The zero-order valence-corrected chi connectivity index (χ0v) is 13.1. The van der Waals surface area contributed by atoms with Gasteiger partial charge in [0.1, 0.15) is 5.75 Å². The quantitative estimate of drug-likeness (QED) is 0.839. The van der Waals surface area contributed by atoms with Gasteiger partial charge >= 0.3 is 0 Å². The molecule has 1 N–H and O–H groups in total. The summed E-state index contributed by atoms with van der Waals surface area (Å²) in [5, 5.41) is 3.35. The van der Waals surface area contributed by atoms with Gasteiger partial charge in [0.2, 0.25) is 0 Å². The average molecular weight is 338 g/mol. The van der Waals surface area contributed by atoms with E-state index in [9.17, 15) is 4.39 Å². The van der Waals surface area contributed by atoms with Crippen LogP contribution in [0.2, 0.25) is 0 Å². The lowest BCUT2D eigenvalue weighted by Crippen LogP contribution is -2.21. The van der Waals surface area contributed by atoms with Gasteiger partial charge in [-0.3, -0.25) is 0 Å². The van der Waals surface area contributed by atoms with E-state index < -0.39 is 0 Å². The molecule has 4 heteroatoms. The van der Waals surface area contributed by atoms with E-state index >= 15 is 0 Å². The number of nitrogens with one attached hydrogen (secondary N) is 1. The SMILES string of the molecule is CC(C)NCc1ccc(Oc2ccccc2F)cc1Br. The van der Waals surface area contributed by atoms with Crippen LogP contribution in [0.4, 0.5) is 4.39 Å². The molecule has 0 saturated carbocycles. The number of benzene rings is 2. The molecular formula is C16H17BrFNO. The van der Waals surface area contributed by atoms with E-state index in [4.69, 9.17) is 4.74 Å². The zero-order valence-electron chi connectivity index (χ0n) is 11.5. The second-order valence-electron chi connectivity index (χ2n) is 4.82. The van der Waals surface area contributed by atoms with Crippen molar-refractivity contribution in [2.75, 3.05) is 0 Å². The highest BCUT2D eigenvalue weighted by Gasteiger charge is 2.06. The third-order valence-corrected chi connectivity index (χ3v) is 3.53. The van der Waals surface area contributed by atoms with Gasteiger partial charge in [0.05, 0.1) is 0 Å². The molecule has 0 aliphatic carbocycles. The smallest absolute Gasteiger partial charge is 0.165 e. The number of hydrogen-bond donors (Lipinski definition) is 1. The molecular weight excluding hydrogens is 321 g/mol. The molecule has 0 bridgehead atoms. The highest BCUT2D eigenvalue weighted by Crippen LogP contribution is 2.28. The van der Waals surface area contributed by atoms with Gasteiger partial charge in [-0.25, -0.2) is 4.39 Å². The molecule has 2 nitrogen and oxygen atoms in total. The molecule has 0 aliphatic heterocycles. The average Bonchev–Trinajstić information content (AvgIpc) is 2.40. The molecule has 2 rings (SSSR count). The highest BCUT2D eigenvalue weighted by molar-refractivity contribution is 9.10. The first-order chi connectivity index (χ1) is 9.56. The van der Waals surface area contributed by atoms with E-state index in [1.165, 1.54) is 6.07 Å². The number of para-hydroxylation sites is 1. The number of halogens is 2. The Bertz CT molecular complexity index is 586. The Hall–Kier alpha value is -1.39. The predicted octanol–water partition coefficient (Wildman–Crippen LogP) is 4.88. The maximum absolute atomic E-state index is 13.5. The van der Waals surface area contributed by atoms with E-state index in [-0.39, 0.29) is 11.6 Å². The molecule has 2 aromatic carbocycles. The van der Waals surface area contributed by atoms with E-state index in [1.54, 1.807) is 18.2 Å². The van der Waals surface area contributed by atoms with Crippen molar-refractivity contribution in [1.29, 1.82) is 0 Å². The van der Waals surface area contributed by atoms with Crippen LogP contribution in [0.25, 0.3) is 0 Å². The fourth-order valence-electron chi connectivity index (χ4n) is 1.70. The summed E-state index contributed by atoms with van der Waals surface area (Å²) in [6.45, 7) is 4.98. The summed E-state index contributed by atoms with van der Waals surface area (Å²) >= 11 is 3.52. The Morgan fingerprint density at radius 3 is 2.60 bits per heavy atom. The fourth-order valence-corrected chi connectivity index (χ4v) is 2.20. The minimum atomic E-state index is -0.367. The molecule has 0 atom stereocenters. The molecule has 0 aromatic heterocycles. The van der Waals surface area contributed by atoms with Crippen LogP contribution in [0.5, 0.6) is 11.5 Å². The summed E-state index contributed by atoms with van der Waals surface area (Å²) in [5.41, 5.74) is 1.14. The fraction of sp³-hybridized carbons (Fsp3) is 0.250. The Labute approximate surface area is 127 Å². The molecule has 0 radical (unpaired) electrons. The van der Waals surface area contributed by atoms with Gasteiger partial charge in [0.25, 0.3) is 0 Å². The van der Waals surface area contributed by atoms with Crippen molar-refractivity contribution in [3.63, 3.8) is 0 Å². The topological polar surface area (TPSA) is 21.3 Å². The van der Waals surface area contributed by atoms with Gasteiger partial charge in [-0.2, -0.15) is 0 Å². The lowest BCUT2D eigenvalue weighted by atomic mass is 10.2. The molecule has 0 spiro atoms. The van der Waals surface area contributed by atoms with Crippen molar-refractivity contribution in [3.8, 4) is 11.5 Å². The van der Waals surface area contributed by atoms with Crippen LogP contribution in [-0.4, -0.2) is 6.04 Å². The Morgan fingerprint density at radius 1 is 1.20 bits per heavy atom. The van der Waals surface area contributed by atoms with Crippen LogP contribution in [0.1, 0.15) is 19.4 Å². The first-order valence-corrected chi connectivity index (χ1v) is 7.30. The number of rotatable bonds is 5. The summed E-state index contributed by atoms with van der Waals surface area (Å²) in [6.07, 6.45) is 0. The van der Waals surface area contributed by atoms with Crippen molar-refractivity contribution in [2.24, 2.45) is 0 Å². The van der Waals surface area contributed by atoms with Crippen LogP contribution in [0.15, 0.2) is 46.9 Å². The molecule has 0 aliphatic rings. The second kappa shape index (κ2) is 6.86. The largest absolute Gasteiger partial charge is 0.454 e. The van der Waals surface area contributed by atoms with Crippen LogP contribution >= 0.6 is 15.9 Å². The second-order valence-corrected chi connectivity index (χ2v) is 5.68. The van der Waals surface area contributed by atoms with E-state index in [2.05, 4.69) is 35.1 Å². The summed E-state index contributed by atoms with van der Waals surface area (Å²) in [4.78, 5) is 0. The minimum absolute atomic E-state index is 0.229. The van der Waals surface area contributed by atoms with Crippen LogP contribution in [0, 0.1) is 5.82 Å². The molecule has 20 heavy (non-hydrogen) atoms. The lowest BCUT2D eigenvalue weighted by molar-refractivity contribution is 0.442. The molecule has 0 amide bonds. The van der Waals surface area contributed by atoms with Gasteiger partial charge in [0, 0.05) is 17.1 Å². The molecule has 0 heterocycles. The van der Waals surface area contributed by atoms with Gasteiger partial charge in [-0.05, 0) is 29.8 Å². The normalized spacial score (nSPS) is 10.8. The summed E-state index contributed by atoms with van der Waals surface area (Å²) in [6, 6.07) is 12.5. The maximum Gasteiger partial charge on any atom is 0.165 e. The van der Waals surface area contributed by atoms with Gasteiger partial charge in [-0.1, -0.05) is 48.0 Å². The third-order valence-electron chi connectivity index (χ3n) is 2.79. The van der Waals surface area contributed by atoms with Crippen molar-refractivity contribution < 1.29 is 9.13 Å². The van der Waals surface area contributed by atoms with Crippen molar-refractivity contribution >= 4 is 15.9 Å². The summed E-state index contributed by atoms with van der Waals surface area (Å²) < 4.78 is 20.0. The molecule has 0 unspecified atom stereocenters. The van der Waals surface area contributed by atoms with Gasteiger partial charge in [0.15, 0.2) is 11.6 Å². The number of ether oxygens (including phenoxy) is 1. The molecule has 106 valence electrons. The van der Waals surface area contributed by atoms with E-state index in [1.807, 2.05) is 18.2 Å². The maximum atomic E-state index is 13.5. The molecule has 0 saturated heterocycles. The Morgan fingerprint density at radius 2 is 1.95 bits per heavy atom. The monoisotopic (exact) mass is 337 g/mol. The standard InChI is InChI=1S/C16H17BrFNO/c1-11(2)19-10-12-7-8-13(9-14(12)17)20-16-6-4-3-5-15(16)18/h3-9,11,19H,10H2,1-2H3. The summed E-state index contributed by atoms with van der Waals surface area (Å²) in [7, 11) is 0. The predicted molar refractivity (Wildman–Crippen MR) is 82.6 cm³/mol. The lowest BCUT2D eigenvalue weighted by Gasteiger charge is -2.12. The zero-order chi connectivity index (χ0) is 14.5. The van der Waals surface area contributed by atoms with Crippen molar-refractivity contribution in [3.05, 3.63) is 58.3 Å². The van der Waals surface area contributed by atoms with Gasteiger partial charge < -0.3 is 10.1 Å². The van der Waals surface area contributed by atoms with Gasteiger partial charge in [-0.15, -0.1) is 0 Å². The number of hydrogen-bond acceptors (Lipinski definition) is 2. The Balaban J connectivity index is 2.11. The van der Waals surface area contributed by atoms with Crippen LogP contribution < -0.4 is 10.1 Å². The molecule has 2 aromatic rings. The summed E-state index contributed by atoms with van der Waals surface area (Å²) in [5.74, 6) is 0.469. The minimum Gasteiger partial charge on any atom is -0.454 e.